The summed E-state index contributed by atoms with van der Waals surface area (Å²) in [6, 6.07) is 0. The van der Waals surface area contributed by atoms with Gasteiger partial charge in [0.05, 0.1) is 7.11 Å². The van der Waals surface area contributed by atoms with Crippen LogP contribution in [-0.2, 0) is 9.22 Å². The van der Waals surface area contributed by atoms with Crippen LogP contribution in [-0.4, -0.2) is 12.8 Å². The van der Waals surface area contributed by atoms with E-state index in [1.807, 2.05) is 13.8 Å². The van der Waals surface area contributed by atoms with Gasteiger partial charge in [-0.05, 0) is 13.8 Å². The third-order valence-corrected chi connectivity index (χ3v) is 0.955. The van der Waals surface area contributed by atoms with Gasteiger partial charge < -0.3 is 0 Å². The van der Waals surface area contributed by atoms with Gasteiger partial charge in [-0.3, -0.25) is 0 Å². The molecule has 0 bridgehead atoms. The molecule has 0 N–H and O–H groups in total. The Labute approximate surface area is 53.4 Å². The molecule has 48 valence electrons. The van der Waals surface area contributed by atoms with Crippen molar-refractivity contribution in [2.75, 3.05) is 7.11 Å². The van der Waals surface area contributed by atoms with Gasteiger partial charge in [0.1, 0.15) is 0 Å². The highest BCUT2D eigenvalue weighted by Gasteiger charge is 1.80. The molecule has 0 atom stereocenters. The quantitative estimate of drug-likeness (QED) is 0.147. The van der Waals surface area contributed by atoms with E-state index in [4.69, 9.17) is 0 Å². The number of rotatable bonds is 3. The van der Waals surface area contributed by atoms with Crippen molar-refractivity contribution in [2.24, 2.45) is 4.40 Å². The molecule has 0 aliphatic heterocycles. The summed E-state index contributed by atoms with van der Waals surface area (Å²) in [7, 11) is 1.44. The molecule has 0 amide bonds. The molecule has 4 heteroatoms. The molecule has 0 rings (SSSR count). The molecule has 0 unspecified atom stereocenters. The first-order chi connectivity index (χ1) is 3.77. The van der Waals surface area contributed by atoms with Gasteiger partial charge in [0, 0.05) is 5.71 Å². The van der Waals surface area contributed by atoms with Crippen molar-refractivity contribution in [3.8, 4) is 0 Å². The fraction of sp³-hybridized carbons (Fsp3) is 0.750. The summed E-state index contributed by atoms with van der Waals surface area (Å²) in [5, 5.41) is 0. The van der Waals surface area contributed by atoms with Gasteiger partial charge in [0.2, 0.25) is 0 Å². The fourth-order valence-electron chi connectivity index (χ4n) is 0.120. The van der Waals surface area contributed by atoms with E-state index in [-0.39, 0.29) is 0 Å². The first-order valence-electron chi connectivity index (χ1n) is 2.15. The Morgan fingerprint density at radius 2 is 2.12 bits per heavy atom. The molecular weight excluding hydrogens is 126 g/mol. The molecule has 0 heterocycles. The van der Waals surface area contributed by atoms with Crippen molar-refractivity contribution in [2.45, 2.75) is 13.8 Å². The predicted molar refractivity (Wildman–Crippen MR) is 34.5 cm³/mol. The summed E-state index contributed by atoms with van der Waals surface area (Å²) < 4.78 is 8.17. The van der Waals surface area contributed by atoms with Gasteiger partial charge in [-0.15, -0.1) is 4.33 Å². The topological polar surface area (TPSA) is 30.8 Å². The van der Waals surface area contributed by atoms with Crippen LogP contribution >= 0.6 is 12.2 Å². The van der Waals surface area contributed by atoms with Crippen molar-refractivity contribution in [1.82, 2.24) is 0 Å². The van der Waals surface area contributed by atoms with E-state index in [1.165, 1.54) is 7.11 Å². The van der Waals surface area contributed by atoms with E-state index < -0.39 is 0 Å². The summed E-state index contributed by atoms with van der Waals surface area (Å²) in [5.41, 5.74) is 0.951. The largest absolute Gasteiger partial charge is 0.226 e. The number of hydrogen-bond donors (Lipinski definition) is 0. The van der Waals surface area contributed by atoms with Crippen molar-refractivity contribution in [3.63, 3.8) is 0 Å². The van der Waals surface area contributed by atoms with Crippen LogP contribution in [0.5, 0.6) is 0 Å². The molecule has 0 saturated heterocycles. The lowest BCUT2D eigenvalue weighted by molar-refractivity contribution is -0.160. The van der Waals surface area contributed by atoms with Crippen LogP contribution in [0.2, 0.25) is 0 Å². The summed E-state index contributed by atoms with van der Waals surface area (Å²) in [6.07, 6.45) is 0. The third-order valence-electron chi connectivity index (χ3n) is 0.318. The number of nitrogens with zero attached hydrogens (tertiary/aromatic N) is 1. The van der Waals surface area contributed by atoms with E-state index in [2.05, 4.69) is 13.6 Å². The van der Waals surface area contributed by atoms with E-state index in [0.717, 1.165) is 17.9 Å². The van der Waals surface area contributed by atoms with Crippen LogP contribution in [0.3, 0.4) is 0 Å². The van der Waals surface area contributed by atoms with Crippen LogP contribution in [0.25, 0.3) is 0 Å². The molecule has 0 aliphatic carbocycles. The Morgan fingerprint density at radius 3 is 2.50 bits per heavy atom. The molecule has 0 radical (unpaired) electrons. The Hall–Kier alpha value is -0.0600. The highest BCUT2D eigenvalue weighted by atomic mass is 32.2. The van der Waals surface area contributed by atoms with Crippen LogP contribution in [0, 0.1) is 0 Å². The maximum absolute atomic E-state index is 4.37. The second-order valence-corrected chi connectivity index (χ2v) is 1.82. The minimum atomic E-state index is 0.927. The predicted octanol–water partition coefficient (Wildman–Crippen LogP) is 1.61. The Kier molecular flexibility index (Phi) is 5.05. The SMILES string of the molecule is COOSN=C(C)C. The lowest BCUT2D eigenvalue weighted by Crippen LogP contribution is -1.78. The van der Waals surface area contributed by atoms with Gasteiger partial charge in [-0.2, -0.15) is 4.40 Å². The molecule has 8 heavy (non-hydrogen) atoms. The van der Waals surface area contributed by atoms with Gasteiger partial charge in [-0.1, -0.05) is 0 Å². The molecule has 0 fully saturated rings. The van der Waals surface area contributed by atoms with Gasteiger partial charge in [-0.25, -0.2) is 4.89 Å². The number of hydrogen-bond acceptors (Lipinski definition) is 4. The first kappa shape index (κ1) is 7.94. The molecule has 0 aromatic heterocycles. The third kappa shape index (κ3) is 5.94. The van der Waals surface area contributed by atoms with E-state index >= 15 is 0 Å². The molecule has 0 aromatic rings. The van der Waals surface area contributed by atoms with Crippen molar-refractivity contribution < 1.29 is 9.22 Å². The Balaban J connectivity index is 3.03. The zero-order chi connectivity index (χ0) is 6.41. The maximum Gasteiger partial charge on any atom is 0.173 e. The van der Waals surface area contributed by atoms with Gasteiger partial charge >= 0.3 is 0 Å². The van der Waals surface area contributed by atoms with Crippen molar-refractivity contribution >= 4 is 17.9 Å². The smallest absolute Gasteiger partial charge is 0.173 e. The van der Waals surface area contributed by atoms with E-state index in [0.29, 0.717) is 0 Å². The average Bonchev–Trinajstić information content (AvgIpc) is 1.66. The van der Waals surface area contributed by atoms with Gasteiger partial charge in [0.25, 0.3) is 0 Å². The van der Waals surface area contributed by atoms with E-state index in [9.17, 15) is 0 Å². The van der Waals surface area contributed by atoms with Crippen molar-refractivity contribution in [1.29, 1.82) is 0 Å². The second-order valence-electron chi connectivity index (χ2n) is 1.35. The highest BCUT2D eigenvalue weighted by molar-refractivity contribution is 7.93. The summed E-state index contributed by atoms with van der Waals surface area (Å²) in [5.74, 6) is 0. The van der Waals surface area contributed by atoms with Crippen molar-refractivity contribution in [3.05, 3.63) is 0 Å². The molecule has 0 saturated carbocycles. The van der Waals surface area contributed by atoms with Crippen LogP contribution in [0.15, 0.2) is 4.40 Å². The Morgan fingerprint density at radius 1 is 1.50 bits per heavy atom. The average molecular weight is 135 g/mol. The zero-order valence-corrected chi connectivity index (χ0v) is 5.99. The normalized spacial score (nSPS) is 8.88. The lowest BCUT2D eigenvalue weighted by Gasteiger charge is -1.88. The van der Waals surface area contributed by atoms with Crippen LogP contribution in [0.4, 0.5) is 0 Å². The fourth-order valence-corrected chi connectivity index (χ4v) is 0.361. The highest BCUT2D eigenvalue weighted by Crippen LogP contribution is 2.02. The molecule has 3 nitrogen and oxygen atoms in total. The maximum atomic E-state index is 4.37. The summed E-state index contributed by atoms with van der Waals surface area (Å²) in [6.45, 7) is 3.76. The minimum Gasteiger partial charge on any atom is -0.226 e. The molecule has 0 aliphatic rings. The summed E-state index contributed by atoms with van der Waals surface area (Å²) >= 11 is 0.927. The zero-order valence-electron chi connectivity index (χ0n) is 5.17. The second kappa shape index (κ2) is 5.08. The lowest BCUT2D eigenvalue weighted by atomic mass is 10.5. The van der Waals surface area contributed by atoms with Crippen LogP contribution < -0.4 is 0 Å². The minimum absolute atomic E-state index is 0.927. The molecule has 0 aromatic carbocycles. The standard InChI is InChI=1S/C4H9NO2S/c1-4(2)5-8-7-6-3/h1-3H3. The molecular formula is C4H9NO2S. The first-order valence-corrected chi connectivity index (χ1v) is 2.85. The Bertz CT molecular complexity index is 80.1. The van der Waals surface area contributed by atoms with Gasteiger partial charge in [0.15, 0.2) is 12.2 Å². The monoisotopic (exact) mass is 135 g/mol. The summed E-state index contributed by atoms with van der Waals surface area (Å²) in [4.78, 5) is 4.25. The van der Waals surface area contributed by atoms with Crippen LogP contribution in [0.1, 0.15) is 13.8 Å². The molecule has 0 spiro atoms. The van der Waals surface area contributed by atoms with E-state index in [1.54, 1.807) is 0 Å².